The molecule has 1 amide bonds. The molecule has 0 bridgehead atoms. The third-order valence-corrected chi connectivity index (χ3v) is 6.27. The summed E-state index contributed by atoms with van der Waals surface area (Å²) >= 11 is 1.65. The smallest absolute Gasteiger partial charge is 0.387 e. The average molecular weight is 417 g/mol. The molecule has 0 radical (unpaired) electrons. The van der Waals surface area contributed by atoms with Crippen LogP contribution in [0.3, 0.4) is 0 Å². The highest BCUT2D eigenvalue weighted by Gasteiger charge is 2.35. The van der Waals surface area contributed by atoms with E-state index in [1.165, 1.54) is 6.07 Å². The van der Waals surface area contributed by atoms with Gasteiger partial charge in [-0.1, -0.05) is 24.3 Å². The highest BCUT2D eigenvalue weighted by molar-refractivity contribution is 7.18. The molecule has 1 aliphatic rings. The summed E-state index contributed by atoms with van der Waals surface area (Å²) in [5.41, 5.74) is 1.20. The van der Waals surface area contributed by atoms with Gasteiger partial charge in [-0.05, 0) is 50.6 Å². The van der Waals surface area contributed by atoms with Gasteiger partial charge >= 0.3 is 6.61 Å². The van der Waals surface area contributed by atoms with Crippen LogP contribution in [-0.4, -0.2) is 35.0 Å². The summed E-state index contributed by atoms with van der Waals surface area (Å²) in [5, 5.41) is 3.74. The summed E-state index contributed by atoms with van der Waals surface area (Å²) in [5.74, 6) is -0.310. The molecule has 1 fully saturated rings. The largest absolute Gasteiger partial charge is 0.433 e. The number of para-hydroxylation sites is 3. The third kappa shape index (κ3) is 4.23. The number of anilines is 1. The number of halogens is 2. The number of carbonyl (C=O) groups is 1. The van der Waals surface area contributed by atoms with Crippen LogP contribution in [0.5, 0.6) is 5.75 Å². The van der Waals surface area contributed by atoms with Crippen molar-refractivity contribution in [2.45, 2.75) is 38.5 Å². The number of nitrogens with one attached hydrogen (secondary N) is 1. The SMILES string of the molecule is CC(C(=O)Nc1ccccc1OC(F)F)N1CCCC1c1nc2ccccc2s1. The maximum Gasteiger partial charge on any atom is 0.387 e. The number of hydrogen-bond acceptors (Lipinski definition) is 5. The van der Waals surface area contributed by atoms with Gasteiger partial charge in [-0.2, -0.15) is 8.78 Å². The van der Waals surface area contributed by atoms with Gasteiger partial charge < -0.3 is 10.1 Å². The number of likely N-dealkylation sites (tertiary alicyclic amines) is 1. The van der Waals surface area contributed by atoms with E-state index in [9.17, 15) is 13.6 Å². The average Bonchev–Trinajstić information content (AvgIpc) is 3.35. The number of thiazole rings is 1. The Morgan fingerprint density at radius 3 is 2.79 bits per heavy atom. The first-order chi connectivity index (χ1) is 14.0. The second kappa shape index (κ2) is 8.42. The number of hydrogen-bond donors (Lipinski definition) is 1. The first kappa shape index (κ1) is 19.7. The predicted molar refractivity (Wildman–Crippen MR) is 109 cm³/mol. The van der Waals surface area contributed by atoms with Crippen molar-refractivity contribution in [3.8, 4) is 5.75 Å². The molecular formula is C21H21F2N3O2S. The fraction of sp³-hybridized carbons (Fsp3) is 0.333. The molecule has 152 valence electrons. The quantitative estimate of drug-likeness (QED) is 0.609. The Kier molecular flexibility index (Phi) is 5.73. The summed E-state index contributed by atoms with van der Waals surface area (Å²) in [6.45, 7) is -0.338. The second-order valence-electron chi connectivity index (χ2n) is 6.96. The van der Waals surface area contributed by atoms with Crippen molar-refractivity contribution < 1.29 is 18.3 Å². The molecule has 2 atom stereocenters. The zero-order valence-corrected chi connectivity index (χ0v) is 16.7. The molecule has 29 heavy (non-hydrogen) atoms. The van der Waals surface area contributed by atoms with E-state index >= 15 is 0 Å². The minimum absolute atomic E-state index is 0.0489. The lowest BCUT2D eigenvalue weighted by Crippen LogP contribution is -2.41. The molecule has 4 rings (SSSR count). The Bertz CT molecular complexity index is 977. The van der Waals surface area contributed by atoms with E-state index in [4.69, 9.17) is 4.98 Å². The van der Waals surface area contributed by atoms with E-state index in [1.807, 2.05) is 31.2 Å². The lowest BCUT2D eigenvalue weighted by atomic mass is 10.2. The Morgan fingerprint density at radius 1 is 1.24 bits per heavy atom. The van der Waals surface area contributed by atoms with E-state index in [2.05, 4.69) is 15.0 Å². The van der Waals surface area contributed by atoms with Gasteiger partial charge in [0.15, 0.2) is 0 Å². The summed E-state index contributed by atoms with van der Waals surface area (Å²) in [4.78, 5) is 19.8. The van der Waals surface area contributed by atoms with Crippen LogP contribution in [0.15, 0.2) is 48.5 Å². The Labute approximate surface area is 171 Å². The molecule has 2 aromatic carbocycles. The van der Waals surface area contributed by atoms with Crippen molar-refractivity contribution in [1.29, 1.82) is 0 Å². The third-order valence-electron chi connectivity index (χ3n) is 5.13. The highest BCUT2D eigenvalue weighted by atomic mass is 32.1. The molecule has 0 saturated carbocycles. The highest BCUT2D eigenvalue weighted by Crippen LogP contribution is 2.38. The van der Waals surface area contributed by atoms with Gasteiger partial charge in [-0.25, -0.2) is 4.98 Å². The zero-order chi connectivity index (χ0) is 20.4. The molecule has 1 aromatic heterocycles. The molecule has 5 nitrogen and oxygen atoms in total. The van der Waals surface area contributed by atoms with E-state index in [0.29, 0.717) is 0 Å². The normalized spacial score (nSPS) is 18.3. The summed E-state index contributed by atoms with van der Waals surface area (Å²) in [7, 11) is 0. The topological polar surface area (TPSA) is 54.5 Å². The lowest BCUT2D eigenvalue weighted by molar-refractivity contribution is -0.121. The van der Waals surface area contributed by atoms with Crippen LogP contribution < -0.4 is 10.1 Å². The number of benzene rings is 2. The fourth-order valence-electron chi connectivity index (χ4n) is 3.71. The van der Waals surface area contributed by atoms with Crippen LogP contribution in [0.4, 0.5) is 14.5 Å². The van der Waals surface area contributed by atoms with Gasteiger partial charge in [0.2, 0.25) is 5.91 Å². The molecule has 1 N–H and O–H groups in total. The Hall–Kier alpha value is -2.58. The van der Waals surface area contributed by atoms with Crippen molar-refractivity contribution in [1.82, 2.24) is 9.88 Å². The molecule has 0 spiro atoms. The number of rotatable bonds is 6. The first-order valence-corrected chi connectivity index (χ1v) is 10.3. The lowest BCUT2D eigenvalue weighted by Gasteiger charge is -2.28. The number of aromatic nitrogens is 1. The van der Waals surface area contributed by atoms with Crippen LogP contribution in [0.25, 0.3) is 10.2 Å². The van der Waals surface area contributed by atoms with Crippen molar-refractivity contribution in [2.24, 2.45) is 0 Å². The number of carbonyl (C=O) groups excluding carboxylic acids is 1. The van der Waals surface area contributed by atoms with Crippen LogP contribution in [0, 0.1) is 0 Å². The van der Waals surface area contributed by atoms with Gasteiger partial charge in [0, 0.05) is 0 Å². The van der Waals surface area contributed by atoms with Gasteiger partial charge in [-0.3, -0.25) is 9.69 Å². The maximum absolute atomic E-state index is 12.9. The van der Waals surface area contributed by atoms with E-state index in [1.54, 1.807) is 29.5 Å². The Balaban J connectivity index is 1.51. The molecule has 3 aromatic rings. The number of ether oxygens (including phenoxy) is 1. The van der Waals surface area contributed by atoms with Crippen molar-refractivity contribution in [3.63, 3.8) is 0 Å². The molecule has 2 heterocycles. The molecule has 0 aliphatic carbocycles. The number of fused-ring (bicyclic) bond motifs is 1. The Morgan fingerprint density at radius 2 is 2.00 bits per heavy atom. The molecule has 2 unspecified atom stereocenters. The number of amides is 1. The first-order valence-electron chi connectivity index (χ1n) is 9.49. The van der Waals surface area contributed by atoms with Gasteiger partial charge in [0.05, 0.1) is 28.0 Å². The summed E-state index contributed by atoms with van der Waals surface area (Å²) in [6.07, 6.45) is 1.91. The minimum atomic E-state index is -2.95. The van der Waals surface area contributed by atoms with Crippen LogP contribution in [0.2, 0.25) is 0 Å². The maximum atomic E-state index is 12.9. The predicted octanol–water partition coefficient (Wildman–Crippen LogP) is 5.06. The monoisotopic (exact) mass is 417 g/mol. The van der Waals surface area contributed by atoms with Crippen LogP contribution >= 0.6 is 11.3 Å². The molecule has 1 aliphatic heterocycles. The molecular weight excluding hydrogens is 396 g/mol. The minimum Gasteiger partial charge on any atom is -0.433 e. The van der Waals surface area contributed by atoms with Crippen molar-refractivity contribution >= 4 is 33.1 Å². The summed E-state index contributed by atoms with van der Waals surface area (Å²) < 4.78 is 30.9. The van der Waals surface area contributed by atoms with E-state index < -0.39 is 12.7 Å². The molecule has 8 heteroatoms. The molecule has 1 saturated heterocycles. The summed E-state index contributed by atoms with van der Waals surface area (Å²) in [6, 6.07) is 13.8. The number of nitrogens with zero attached hydrogens (tertiary/aromatic N) is 2. The van der Waals surface area contributed by atoms with Gasteiger partial charge in [0.25, 0.3) is 0 Å². The fourth-order valence-corrected chi connectivity index (χ4v) is 4.83. The van der Waals surface area contributed by atoms with Crippen LogP contribution in [0.1, 0.15) is 30.8 Å². The second-order valence-corrected chi connectivity index (χ2v) is 8.02. The van der Waals surface area contributed by atoms with Gasteiger partial charge in [0.1, 0.15) is 10.8 Å². The number of alkyl halides is 2. The standard InChI is InChI=1S/C21H21F2N3O2S/c1-13(19(27)24-14-7-2-4-10-17(14)28-21(22)23)26-12-6-9-16(26)20-25-15-8-3-5-11-18(15)29-20/h2-5,7-8,10-11,13,16,21H,6,9,12H2,1H3,(H,24,27). The van der Waals surface area contributed by atoms with Crippen LogP contribution in [-0.2, 0) is 4.79 Å². The van der Waals surface area contributed by atoms with Crippen molar-refractivity contribution in [2.75, 3.05) is 11.9 Å². The van der Waals surface area contributed by atoms with Gasteiger partial charge in [-0.15, -0.1) is 11.3 Å². The zero-order valence-electron chi connectivity index (χ0n) is 15.8. The van der Waals surface area contributed by atoms with Crippen molar-refractivity contribution in [3.05, 3.63) is 53.5 Å². The van der Waals surface area contributed by atoms with E-state index in [-0.39, 0.29) is 23.4 Å². The van der Waals surface area contributed by atoms with E-state index in [0.717, 1.165) is 34.6 Å².